The Bertz CT molecular complexity index is 491. The van der Waals surface area contributed by atoms with Gasteiger partial charge in [-0.2, -0.15) is 18.4 Å². The summed E-state index contributed by atoms with van der Waals surface area (Å²) in [7, 11) is 1.44. The monoisotopic (exact) mass is 257 g/mol. The predicted octanol–water partition coefficient (Wildman–Crippen LogP) is 1.73. The Morgan fingerprint density at radius 2 is 2.11 bits per heavy atom. The van der Waals surface area contributed by atoms with Crippen LogP contribution in [0.15, 0.2) is 18.2 Å². The highest BCUT2D eigenvalue weighted by Crippen LogP contribution is 2.32. The fourth-order valence-electron chi connectivity index (χ4n) is 1.26. The van der Waals surface area contributed by atoms with Crippen LogP contribution in [0.3, 0.4) is 0 Å². The van der Waals surface area contributed by atoms with Gasteiger partial charge in [-0.25, -0.2) is 0 Å². The van der Waals surface area contributed by atoms with E-state index in [2.05, 4.69) is 10.6 Å². The minimum Gasteiger partial charge on any atom is -0.376 e. The van der Waals surface area contributed by atoms with Gasteiger partial charge in [0.25, 0.3) is 0 Å². The number of likely N-dealkylation sites (N-methyl/N-ethyl adjacent to an activating group) is 1. The lowest BCUT2D eigenvalue weighted by Crippen LogP contribution is -2.26. The number of anilines is 1. The van der Waals surface area contributed by atoms with Crippen molar-refractivity contribution in [3.8, 4) is 6.07 Å². The first-order chi connectivity index (χ1) is 8.38. The highest BCUT2D eigenvalue weighted by molar-refractivity contribution is 5.80. The molecule has 0 radical (unpaired) electrons. The van der Waals surface area contributed by atoms with Crippen LogP contribution in [-0.2, 0) is 11.0 Å². The Morgan fingerprint density at radius 3 is 2.61 bits per heavy atom. The molecule has 0 fully saturated rings. The van der Waals surface area contributed by atoms with Gasteiger partial charge in [-0.3, -0.25) is 4.79 Å². The van der Waals surface area contributed by atoms with Crippen LogP contribution in [0.5, 0.6) is 0 Å². The number of hydrogen-bond donors (Lipinski definition) is 2. The molecule has 0 spiro atoms. The van der Waals surface area contributed by atoms with Crippen LogP contribution in [0, 0.1) is 11.3 Å². The van der Waals surface area contributed by atoms with E-state index in [9.17, 15) is 18.0 Å². The molecule has 1 amide bonds. The summed E-state index contributed by atoms with van der Waals surface area (Å²) in [4.78, 5) is 10.9. The third-order valence-corrected chi connectivity index (χ3v) is 2.18. The van der Waals surface area contributed by atoms with E-state index < -0.39 is 17.3 Å². The average Bonchev–Trinajstić information content (AvgIpc) is 2.34. The number of carbonyl (C=O) groups excluding carboxylic acids is 1. The number of carbonyl (C=O) groups is 1. The van der Waals surface area contributed by atoms with Gasteiger partial charge < -0.3 is 10.6 Å². The summed E-state index contributed by atoms with van der Waals surface area (Å²) in [5.41, 5.74) is -1.19. The smallest absolute Gasteiger partial charge is 0.376 e. The summed E-state index contributed by atoms with van der Waals surface area (Å²) >= 11 is 0. The van der Waals surface area contributed by atoms with Crippen LogP contribution in [0.1, 0.15) is 11.1 Å². The molecule has 96 valence electrons. The predicted molar refractivity (Wildman–Crippen MR) is 58.7 cm³/mol. The summed E-state index contributed by atoms with van der Waals surface area (Å²) in [6.45, 7) is -0.0767. The lowest BCUT2D eigenvalue weighted by Gasteiger charge is -2.11. The first-order valence-electron chi connectivity index (χ1n) is 4.94. The van der Waals surface area contributed by atoms with Crippen LogP contribution >= 0.6 is 0 Å². The van der Waals surface area contributed by atoms with Gasteiger partial charge in [-0.15, -0.1) is 0 Å². The van der Waals surface area contributed by atoms with E-state index in [1.807, 2.05) is 0 Å². The van der Waals surface area contributed by atoms with Gasteiger partial charge in [0.15, 0.2) is 0 Å². The fourth-order valence-corrected chi connectivity index (χ4v) is 1.26. The summed E-state index contributed by atoms with van der Waals surface area (Å²) in [6, 6.07) is 4.53. The number of alkyl halides is 3. The molecule has 4 nitrogen and oxygen atoms in total. The van der Waals surface area contributed by atoms with E-state index in [0.29, 0.717) is 0 Å². The highest BCUT2D eigenvalue weighted by Gasteiger charge is 2.33. The maximum Gasteiger partial charge on any atom is 0.417 e. The summed E-state index contributed by atoms with van der Waals surface area (Å²) < 4.78 is 37.5. The molecule has 0 saturated heterocycles. The minimum atomic E-state index is -4.57. The molecule has 1 rings (SSSR count). The van der Waals surface area contributed by atoms with Crippen molar-refractivity contribution in [1.29, 1.82) is 5.26 Å². The van der Waals surface area contributed by atoms with Crippen molar-refractivity contribution in [2.45, 2.75) is 6.18 Å². The van der Waals surface area contributed by atoms with Crippen molar-refractivity contribution in [3.05, 3.63) is 29.3 Å². The van der Waals surface area contributed by atoms with Gasteiger partial charge in [0.2, 0.25) is 5.91 Å². The van der Waals surface area contributed by atoms with Gasteiger partial charge in [0.1, 0.15) is 0 Å². The molecular formula is C11H10F3N3O. The summed E-state index contributed by atoms with van der Waals surface area (Å²) in [5.74, 6) is -0.312. The van der Waals surface area contributed by atoms with Crippen LogP contribution < -0.4 is 10.6 Å². The average molecular weight is 257 g/mol. The Labute approximate surface area is 101 Å². The van der Waals surface area contributed by atoms with E-state index in [0.717, 1.165) is 12.1 Å². The van der Waals surface area contributed by atoms with Crippen LogP contribution in [-0.4, -0.2) is 19.5 Å². The molecule has 1 aromatic rings. The lowest BCUT2D eigenvalue weighted by molar-refractivity contribution is -0.137. The number of halogens is 3. The normalized spacial score (nSPS) is 10.6. The maximum atomic E-state index is 12.5. The third kappa shape index (κ3) is 3.38. The van der Waals surface area contributed by atoms with Gasteiger partial charge >= 0.3 is 6.18 Å². The second-order valence-corrected chi connectivity index (χ2v) is 3.40. The van der Waals surface area contributed by atoms with E-state index in [1.54, 1.807) is 0 Å². The number of benzene rings is 1. The van der Waals surface area contributed by atoms with Crippen LogP contribution in [0.4, 0.5) is 18.9 Å². The number of amides is 1. The zero-order valence-corrected chi connectivity index (χ0v) is 9.43. The number of rotatable bonds is 3. The number of hydrogen-bond acceptors (Lipinski definition) is 3. The van der Waals surface area contributed by atoms with Crippen LogP contribution in [0.25, 0.3) is 0 Å². The summed E-state index contributed by atoms with van der Waals surface area (Å²) in [5, 5.41) is 13.6. The van der Waals surface area contributed by atoms with E-state index in [-0.39, 0.29) is 18.1 Å². The molecular weight excluding hydrogens is 247 g/mol. The van der Waals surface area contributed by atoms with Gasteiger partial charge in [0.05, 0.1) is 23.7 Å². The zero-order valence-electron chi connectivity index (χ0n) is 9.43. The van der Waals surface area contributed by atoms with Crippen molar-refractivity contribution >= 4 is 11.6 Å². The molecule has 7 heteroatoms. The molecule has 18 heavy (non-hydrogen) atoms. The van der Waals surface area contributed by atoms with E-state index >= 15 is 0 Å². The first-order valence-corrected chi connectivity index (χ1v) is 4.94. The molecule has 0 saturated carbocycles. The molecule has 0 unspecified atom stereocenters. The van der Waals surface area contributed by atoms with Crippen molar-refractivity contribution < 1.29 is 18.0 Å². The van der Waals surface area contributed by atoms with Crippen molar-refractivity contribution in [3.63, 3.8) is 0 Å². The van der Waals surface area contributed by atoms with Crippen molar-refractivity contribution in [1.82, 2.24) is 5.32 Å². The summed E-state index contributed by atoms with van der Waals surface area (Å²) in [6.07, 6.45) is -4.57. The van der Waals surface area contributed by atoms with Gasteiger partial charge in [0, 0.05) is 12.7 Å². The SMILES string of the molecule is CNC(=O)CNc1ccc(C(F)(F)F)c(C#N)c1. The Kier molecular flexibility index (Phi) is 4.15. The molecule has 2 N–H and O–H groups in total. The number of nitrogens with zero attached hydrogens (tertiary/aromatic N) is 1. The minimum absolute atomic E-state index is 0.0767. The van der Waals surface area contributed by atoms with E-state index in [4.69, 9.17) is 5.26 Å². The second-order valence-electron chi connectivity index (χ2n) is 3.40. The largest absolute Gasteiger partial charge is 0.417 e. The lowest BCUT2D eigenvalue weighted by atomic mass is 10.1. The Hall–Kier alpha value is -2.23. The zero-order chi connectivity index (χ0) is 13.8. The molecule has 0 heterocycles. The molecule has 0 bridgehead atoms. The van der Waals surface area contributed by atoms with Gasteiger partial charge in [-0.05, 0) is 18.2 Å². The molecule has 0 aliphatic rings. The van der Waals surface area contributed by atoms with Crippen molar-refractivity contribution in [2.75, 3.05) is 18.9 Å². The number of nitrogens with one attached hydrogen (secondary N) is 2. The maximum absolute atomic E-state index is 12.5. The number of nitriles is 1. The first kappa shape index (κ1) is 13.8. The fraction of sp³-hybridized carbons (Fsp3) is 0.273. The second kappa shape index (κ2) is 5.40. The van der Waals surface area contributed by atoms with Crippen LogP contribution in [0.2, 0.25) is 0 Å². The molecule has 0 aromatic heterocycles. The molecule has 0 aliphatic carbocycles. The Morgan fingerprint density at radius 1 is 1.44 bits per heavy atom. The van der Waals surface area contributed by atoms with E-state index in [1.165, 1.54) is 19.2 Å². The van der Waals surface area contributed by atoms with Gasteiger partial charge in [-0.1, -0.05) is 0 Å². The molecule has 0 aliphatic heterocycles. The topological polar surface area (TPSA) is 64.9 Å². The quantitative estimate of drug-likeness (QED) is 0.866. The Balaban J connectivity index is 2.93. The standard InChI is InChI=1S/C11H10F3N3O/c1-16-10(18)6-17-8-2-3-9(11(12,13)14)7(4-8)5-15/h2-4,17H,6H2,1H3,(H,16,18). The molecule has 1 aromatic carbocycles. The van der Waals surface area contributed by atoms with Crippen molar-refractivity contribution in [2.24, 2.45) is 0 Å². The highest BCUT2D eigenvalue weighted by atomic mass is 19.4. The molecule has 0 atom stereocenters. The third-order valence-electron chi connectivity index (χ3n) is 2.18.